The van der Waals surface area contributed by atoms with Gasteiger partial charge < -0.3 is 5.32 Å². The van der Waals surface area contributed by atoms with E-state index in [2.05, 4.69) is 5.32 Å². The van der Waals surface area contributed by atoms with E-state index in [-0.39, 0.29) is 11.8 Å². The minimum atomic E-state index is -2.14. The summed E-state index contributed by atoms with van der Waals surface area (Å²) >= 11 is 0. The van der Waals surface area contributed by atoms with Crippen molar-refractivity contribution in [1.82, 2.24) is 5.32 Å². The SMILES string of the molecule is CCC1(CC(F)F)CNC1. The molecule has 0 aliphatic carbocycles. The summed E-state index contributed by atoms with van der Waals surface area (Å²) in [5.74, 6) is 0. The summed E-state index contributed by atoms with van der Waals surface area (Å²) in [4.78, 5) is 0. The molecule has 0 atom stereocenters. The van der Waals surface area contributed by atoms with Gasteiger partial charge in [-0.1, -0.05) is 6.92 Å². The lowest BCUT2D eigenvalue weighted by atomic mass is 9.76. The average molecular weight is 149 g/mol. The zero-order valence-corrected chi connectivity index (χ0v) is 6.16. The summed E-state index contributed by atoms with van der Waals surface area (Å²) in [6.45, 7) is 3.52. The standard InChI is InChI=1S/C7H13F2N/c1-2-7(3-6(8)9)4-10-5-7/h6,10H,2-5H2,1H3. The normalized spacial score (nSPS) is 22.8. The molecule has 0 aromatic heterocycles. The van der Waals surface area contributed by atoms with E-state index in [1.807, 2.05) is 6.92 Å². The molecule has 0 spiro atoms. The molecule has 0 bridgehead atoms. The van der Waals surface area contributed by atoms with Crippen LogP contribution in [0.5, 0.6) is 0 Å². The summed E-state index contributed by atoms with van der Waals surface area (Å²) in [6, 6.07) is 0. The van der Waals surface area contributed by atoms with Gasteiger partial charge >= 0.3 is 0 Å². The Morgan fingerprint density at radius 1 is 1.50 bits per heavy atom. The Hall–Kier alpha value is -0.180. The number of rotatable bonds is 3. The van der Waals surface area contributed by atoms with Crippen LogP contribution in [0.15, 0.2) is 0 Å². The van der Waals surface area contributed by atoms with Gasteiger partial charge in [0.25, 0.3) is 0 Å². The first-order valence-corrected chi connectivity index (χ1v) is 3.67. The van der Waals surface area contributed by atoms with Crippen molar-refractivity contribution in [1.29, 1.82) is 0 Å². The molecule has 0 aromatic rings. The van der Waals surface area contributed by atoms with Gasteiger partial charge in [-0.05, 0) is 6.42 Å². The second-order valence-corrected chi connectivity index (χ2v) is 3.05. The molecular formula is C7H13F2N. The molecule has 0 aromatic carbocycles. The topological polar surface area (TPSA) is 12.0 Å². The highest BCUT2D eigenvalue weighted by Gasteiger charge is 2.37. The van der Waals surface area contributed by atoms with Gasteiger partial charge in [0.2, 0.25) is 6.43 Å². The molecule has 1 aliphatic heterocycles. The van der Waals surface area contributed by atoms with Crippen molar-refractivity contribution >= 4 is 0 Å². The van der Waals surface area contributed by atoms with E-state index in [0.29, 0.717) is 0 Å². The van der Waals surface area contributed by atoms with Crippen LogP contribution in [-0.4, -0.2) is 19.5 Å². The van der Waals surface area contributed by atoms with Gasteiger partial charge in [-0.15, -0.1) is 0 Å². The summed E-state index contributed by atoms with van der Waals surface area (Å²) in [7, 11) is 0. The predicted octanol–water partition coefficient (Wildman–Crippen LogP) is 1.64. The van der Waals surface area contributed by atoms with Crippen LogP contribution < -0.4 is 5.32 Å². The number of nitrogens with one attached hydrogen (secondary N) is 1. The minimum Gasteiger partial charge on any atom is -0.316 e. The van der Waals surface area contributed by atoms with E-state index in [9.17, 15) is 8.78 Å². The van der Waals surface area contributed by atoms with Crippen molar-refractivity contribution in [2.75, 3.05) is 13.1 Å². The van der Waals surface area contributed by atoms with Crippen LogP contribution >= 0.6 is 0 Å². The van der Waals surface area contributed by atoms with Gasteiger partial charge in [-0.3, -0.25) is 0 Å². The third-order valence-electron chi connectivity index (χ3n) is 2.34. The van der Waals surface area contributed by atoms with E-state index in [0.717, 1.165) is 19.5 Å². The van der Waals surface area contributed by atoms with Crippen LogP contribution in [0.25, 0.3) is 0 Å². The highest BCUT2D eigenvalue weighted by Crippen LogP contribution is 2.33. The molecule has 1 heterocycles. The molecule has 1 aliphatic rings. The van der Waals surface area contributed by atoms with Gasteiger partial charge in [0.15, 0.2) is 0 Å². The zero-order valence-electron chi connectivity index (χ0n) is 6.16. The predicted molar refractivity (Wildman–Crippen MR) is 36.2 cm³/mol. The third kappa shape index (κ3) is 1.45. The molecule has 10 heavy (non-hydrogen) atoms. The van der Waals surface area contributed by atoms with Gasteiger partial charge in [-0.25, -0.2) is 8.78 Å². The Labute approximate surface area is 59.8 Å². The van der Waals surface area contributed by atoms with E-state index in [4.69, 9.17) is 0 Å². The van der Waals surface area contributed by atoms with E-state index in [1.165, 1.54) is 0 Å². The molecule has 1 fully saturated rings. The number of hydrogen-bond donors (Lipinski definition) is 1. The number of hydrogen-bond acceptors (Lipinski definition) is 1. The van der Waals surface area contributed by atoms with Crippen molar-refractivity contribution in [2.45, 2.75) is 26.2 Å². The van der Waals surface area contributed by atoms with E-state index >= 15 is 0 Å². The fourth-order valence-electron chi connectivity index (χ4n) is 1.34. The lowest BCUT2D eigenvalue weighted by Crippen LogP contribution is -2.53. The third-order valence-corrected chi connectivity index (χ3v) is 2.34. The van der Waals surface area contributed by atoms with Gasteiger partial charge in [0.1, 0.15) is 0 Å². The second-order valence-electron chi connectivity index (χ2n) is 3.05. The van der Waals surface area contributed by atoms with Crippen LogP contribution in [-0.2, 0) is 0 Å². The molecular weight excluding hydrogens is 136 g/mol. The van der Waals surface area contributed by atoms with E-state index in [1.54, 1.807) is 0 Å². The summed E-state index contributed by atoms with van der Waals surface area (Å²) in [6.07, 6.45) is -1.21. The highest BCUT2D eigenvalue weighted by molar-refractivity contribution is 4.91. The van der Waals surface area contributed by atoms with Gasteiger partial charge in [-0.2, -0.15) is 0 Å². The molecule has 1 rings (SSSR count). The first kappa shape index (κ1) is 7.92. The van der Waals surface area contributed by atoms with Crippen LogP contribution in [0.1, 0.15) is 19.8 Å². The maximum Gasteiger partial charge on any atom is 0.239 e. The molecule has 0 radical (unpaired) electrons. The summed E-state index contributed by atoms with van der Waals surface area (Å²) < 4.78 is 23.8. The Balaban J connectivity index is 2.33. The van der Waals surface area contributed by atoms with Crippen molar-refractivity contribution < 1.29 is 8.78 Å². The summed E-state index contributed by atoms with van der Waals surface area (Å²) in [5, 5.41) is 3.02. The fourth-order valence-corrected chi connectivity index (χ4v) is 1.34. The highest BCUT2D eigenvalue weighted by atomic mass is 19.3. The molecule has 1 nitrogen and oxygen atoms in total. The smallest absolute Gasteiger partial charge is 0.239 e. The zero-order chi connectivity index (χ0) is 7.61. The van der Waals surface area contributed by atoms with Crippen LogP contribution in [0.2, 0.25) is 0 Å². The van der Waals surface area contributed by atoms with Crippen LogP contribution in [0.3, 0.4) is 0 Å². The number of alkyl halides is 2. The van der Waals surface area contributed by atoms with Crippen molar-refractivity contribution in [2.24, 2.45) is 5.41 Å². The van der Waals surface area contributed by atoms with Crippen molar-refractivity contribution in [3.63, 3.8) is 0 Å². The Bertz CT molecular complexity index is 105. The lowest BCUT2D eigenvalue weighted by molar-refractivity contribution is 0.0368. The summed E-state index contributed by atoms with van der Waals surface area (Å²) in [5.41, 5.74) is -0.0752. The fraction of sp³-hybridized carbons (Fsp3) is 1.00. The molecule has 0 unspecified atom stereocenters. The maximum absolute atomic E-state index is 11.9. The first-order chi connectivity index (χ1) is 4.68. The monoisotopic (exact) mass is 149 g/mol. The minimum absolute atomic E-state index is 0.0660. The average Bonchev–Trinajstić information content (AvgIpc) is 1.78. The Kier molecular flexibility index (Phi) is 2.24. The molecule has 3 heteroatoms. The molecule has 0 amide bonds. The molecule has 60 valence electrons. The Morgan fingerprint density at radius 2 is 2.10 bits per heavy atom. The molecule has 1 N–H and O–H groups in total. The second kappa shape index (κ2) is 2.82. The van der Waals surface area contributed by atoms with Crippen molar-refractivity contribution in [3.8, 4) is 0 Å². The lowest BCUT2D eigenvalue weighted by Gasteiger charge is -2.41. The van der Waals surface area contributed by atoms with Gasteiger partial charge in [0, 0.05) is 24.9 Å². The Morgan fingerprint density at radius 3 is 2.20 bits per heavy atom. The number of halogens is 2. The first-order valence-electron chi connectivity index (χ1n) is 3.67. The van der Waals surface area contributed by atoms with Gasteiger partial charge in [0.05, 0.1) is 0 Å². The quantitative estimate of drug-likeness (QED) is 0.643. The molecule has 0 saturated carbocycles. The van der Waals surface area contributed by atoms with Crippen molar-refractivity contribution in [3.05, 3.63) is 0 Å². The maximum atomic E-state index is 11.9. The van der Waals surface area contributed by atoms with Crippen LogP contribution in [0.4, 0.5) is 8.78 Å². The largest absolute Gasteiger partial charge is 0.316 e. The van der Waals surface area contributed by atoms with E-state index < -0.39 is 6.43 Å². The van der Waals surface area contributed by atoms with Crippen LogP contribution in [0, 0.1) is 5.41 Å². The molecule has 1 saturated heterocycles.